The highest BCUT2D eigenvalue weighted by Gasteiger charge is 2.54. The van der Waals surface area contributed by atoms with E-state index < -0.39 is 19.2 Å². The molecule has 3 amide bonds. The number of fused-ring (bicyclic) bond motifs is 1. The number of rotatable bonds is 9. The van der Waals surface area contributed by atoms with Crippen molar-refractivity contribution in [1.29, 1.82) is 0 Å². The number of nitrogens with one attached hydrogen (secondary N) is 3. The van der Waals surface area contributed by atoms with E-state index in [0.29, 0.717) is 31.6 Å². The summed E-state index contributed by atoms with van der Waals surface area (Å²) in [6, 6.07) is 9.27. The van der Waals surface area contributed by atoms with E-state index in [1.807, 2.05) is 58.0 Å². The summed E-state index contributed by atoms with van der Waals surface area (Å²) in [5, 5.41) is 24.8. The first kappa shape index (κ1) is 28.4. The largest absolute Gasteiger partial charge is 0.390 e. The molecule has 208 valence electrons. The molecule has 1 atom stereocenters. The normalized spacial score (nSPS) is 18.9. The minimum Gasteiger partial charge on any atom is -0.390 e. The molecule has 1 aromatic heterocycles. The van der Waals surface area contributed by atoms with Crippen LogP contribution < -0.4 is 10.6 Å². The van der Waals surface area contributed by atoms with E-state index in [1.165, 1.54) is 0 Å². The standard InChI is InChI=1S/C29H45N5O3Si/c1-8-28(37,9-2)18-22(20-14-11-10-12-15-20)30-26(36)34-19-21-23(27(34,3)4)32-33-24(21)31-25(35)29(16-13-17-29)38(5,6)7/h10-12,14-15,22,37H,8-9,13,16-19H2,1-7H3,(H,30,36)(H2,31,32,33,35)/t22-/m1/s1. The highest BCUT2D eigenvalue weighted by Crippen LogP contribution is 2.56. The zero-order valence-electron chi connectivity index (χ0n) is 24.1. The number of aromatic amines is 1. The van der Waals surface area contributed by atoms with Gasteiger partial charge in [0, 0.05) is 17.0 Å². The van der Waals surface area contributed by atoms with Crippen molar-refractivity contribution >= 4 is 25.8 Å². The second-order valence-electron chi connectivity index (χ2n) is 12.8. The molecule has 1 aromatic carbocycles. The molecule has 0 spiro atoms. The van der Waals surface area contributed by atoms with Crippen LogP contribution in [0, 0.1) is 0 Å². The molecule has 0 unspecified atom stereocenters. The third-order valence-corrected chi connectivity index (χ3v) is 13.0. The van der Waals surface area contributed by atoms with Crippen LogP contribution in [-0.2, 0) is 16.9 Å². The predicted molar refractivity (Wildman–Crippen MR) is 154 cm³/mol. The van der Waals surface area contributed by atoms with Crippen LogP contribution in [0.3, 0.4) is 0 Å². The molecule has 1 fully saturated rings. The molecule has 1 saturated carbocycles. The molecule has 9 heteroatoms. The Bertz CT molecular complexity index is 1160. The molecule has 2 aromatic rings. The van der Waals surface area contributed by atoms with Gasteiger partial charge in [-0.1, -0.05) is 70.2 Å². The van der Waals surface area contributed by atoms with Crippen LogP contribution in [0.15, 0.2) is 30.3 Å². The first-order chi connectivity index (χ1) is 17.8. The van der Waals surface area contributed by atoms with E-state index in [4.69, 9.17) is 0 Å². The van der Waals surface area contributed by atoms with E-state index in [1.54, 1.807) is 4.90 Å². The Hall–Kier alpha value is -2.65. The van der Waals surface area contributed by atoms with Crippen molar-refractivity contribution < 1.29 is 14.7 Å². The third-order valence-electron chi connectivity index (χ3n) is 9.42. The monoisotopic (exact) mass is 539 g/mol. The van der Waals surface area contributed by atoms with Crippen molar-refractivity contribution in [1.82, 2.24) is 20.4 Å². The number of aliphatic hydroxyl groups is 1. The average molecular weight is 540 g/mol. The molecule has 1 aliphatic carbocycles. The molecule has 4 rings (SSSR count). The summed E-state index contributed by atoms with van der Waals surface area (Å²) in [6.45, 7) is 15.1. The van der Waals surface area contributed by atoms with Gasteiger partial charge in [0.05, 0.1) is 37.5 Å². The van der Waals surface area contributed by atoms with Crippen LogP contribution in [-0.4, -0.2) is 45.8 Å². The number of carbonyl (C=O) groups is 2. The lowest BCUT2D eigenvalue weighted by atomic mass is 9.83. The van der Waals surface area contributed by atoms with E-state index in [2.05, 4.69) is 40.5 Å². The van der Waals surface area contributed by atoms with Crippen molar-refractivity contribution in [2.45, 2.75) is 115 Å². The van der Waals surface area contributed by atoms with Crippen LogP contribution in [0.25, 0.3) is 0 Å². The van der Waals surface area contributed by atoms with Gasteiger partial charge in [0.1, 0.15) is 0 Å². The number of H-pyrrole nitrogens is 1. The van der Waals surface area contributed by atoms with Gasteiger partial charge in [0.15, 0.2) is 5.82 Å². The summed E-state index contributed by atoms with van der Waals surface area (Å²) < 4.78 is 0. The van der Waals surface area contributed by atoms with Crippen LogP contribution in [0.2, 0.25) is 24.7 Å². The molecule has 4 N–H and O–H groups in total. The summed E-state index contributed by atoms with van der Waals surface area (Å²) in [7, 11) is -1.73. The minimum atomic E-state index is -1.73. The lowest BCUT2D eigenvalue weighted by molar-refractivity contribution is -0.121. The van der Waals surface area contributed by atoms with Crippen molar-refractivity contribution in [2.24, 2.45) is 0 Å². The summed E-state index contributed by atoms with van der Waals surface area (Å²) in [5.41, 5.74) is 1.15. The second-order valence-corrected chi connectivity index (χ2v) is 18.2. The van der Waals surface area contributed by atoms with Gasteiger partial charge in [-0.05, 0) is 45.1 Å². The summed E-state index contributed by atoms with van der Waals surface area (Å²) in [4.78, 5) is 29.0. The Kier molecular flexibility index (Phi) is 7.57. The number of benzene rings is 1. The molecule has 0 bridgehead atoms. The maximum Gasteiger partial charge on any atom is 0.318 e. The van der Waals surface area contributed by atoms with E-state index >= 15 is 0 Å². The maximum absolute atomic E-state index is 13.8. The molecule has 8 nitrogen and oxygen atoms in total. The Labute approximate surface area is 228 Å². The van der Waals surface area contributed by atoms with E-state index in [0.717, 1.165) is 36.1 Å². The minimum absolute atomic E-state index is 0.0699. The maximum atomic E-state index is 13.8. The van der Waals surface area contributed by atoms with Crippen molar-refractivity contribution in [3.8, 4) is 0 Å². The summed E-state index contributed by atoms with van der Waals surface area (Å²) in [6.07, 6.45) is 4.60. The fourth-order valence-corrected chi connectivity index (χ4v) is 8.70. The van der Waals surface area contributed by atoms with Crippen molar-refractivity contribution in [3.05, 3.63) is 47.2 Å². The number of nitrogens with zero attached hydrogens (tertiary/aromatic N) is 2. The van der Waals surface area contributed by atoms with Crippen LogP contribution in [0.5, 0.6) is 0 Å². The molecule has 0 radical (unpaired) electrons. The van der Waals surface area contributed by atoms with Gasteiger partial charge in [-0.2, -0.15) is 5.10 Å². The quantitative estimate of drug-likeness (QED) is 0.291. The Morgan fingerprint density at radius 2 is 1.79 bits per heavy atom. The molecular weight excluding hydrogens is 494 g/mol. The van der Waals surface area contributed by atoms with Gasteiger partial charge in [-0.3, -0.25) is 9.89 Å². The first-order valence-corrected chi connectivity index (χ1v) is 17.5. The van der Waals surface area contributed by atoms with Gasteiger partial charge < -0.3 is 20.6 Å². The lowest BCUT2D eigenvalue weighted by Crippen LogP contribution is -2.52. The van der Waals surface area contributed by atoms with Crippen LogP contribution in [0.4, 0.5) is 10.6 Å². The Morgan fingerprint density at radius 3 is 2.32 bits per heavy atom. The van der Waals surface area contributed by atoms with Gasteiger partial charge in [0.2, 0.25) is 5.91 Å². The summed E-state index contributed by atoms with van der Waals surface area (Å²) in [5.74, 6) is 0.601. The number of amides is 3. The first-order valence-electron chi connectivity index (χ1n) is 14.0. The fourth-order valence-electron chi connectivity index (χ4n) is 6.10. The predicted octanol–water partition coefficient (Wildman–Crippen LogP) is 6.05. The third kappa shape index (κ3) is 4.90. The summed E-state index contributed by atoms with van der Waals surface area (Å²) >= 11 is 0. The van der Waals surface area contributed by atoms with Gasteiger partial charge in [0.25, 0.3) is 0 Å². The highest BCUT2D eigenvalue weighted by atomic mass is 28.3. The Morgan fingerprint density at radius 1 is 1.16 bits per heavy atom. The SMILES string of the molecule is CCC(O)(CC)C[C@@H](NC(=O)N1Cc2c(NC(=O)C3([Si](C)(C)C)CCC3)n[nH]c2C1(C)C)c1ccccc1. The number of aromatic nitrogens is 2. The fraction of sp³-hybridized carbons (Fsp3) is 0.621. The molecule has 2 heterocycles. The number of anilines is 1. The van der Waals surface area contributed by atoms with Crippen LogP contribution >= 0.6 is 0 Å². The van der Waals surface area contributed by atoms with E-state index in [-0.39, 0.29) is 23.0 Å². The Balaban J connectivity index is 1.55. The number of urea groups is 1. The molecular formula is C29H45N5O3Si. The number of hydrogen-bond acceptors (Lipinski definition) is 4. The van der Waals surface area contributed by atoms with Crippen molar-refractivity contribution in [3.63, 3.8) is 0 Å². The number of carbonyl (C=O) groups excluding carboxylic acids is 2. The molecule has 1 aliphatic heterocycles. The smallest absolute Gasteiger partial charge is 0.318 e. The van der Waals surface area contributed by atoms with Gasteiger partial charge >= 0.3 is 6.03 Å². The average Bonchev–Trinajstić information content (AvgIpc) is 3.35. The zero-order valence-corrected chi connectivity index (χ0v) is 25.1. The zero-order chi connectivity index (χ0) is 27.9. The van der Waals surface area contributed by atoms with Crippen LogP contribution in [0.1, 0.15) is 89.1 Å². The lowest BCUT2D eigenvalue weighted by Gasteiger charge is -2.48. The van der Waals surface area contributed by atoms with E-state index in [9.17, 15) is 14.7 Å². The molecule has 0 saturated heterocycles. The van der Waals surface area contributed by atoms with Crippen molar-refractivity contribution in [2.75, 3.05) is 5.32 Å². The topological polar surface area (TPSA) is 110 Å². The second kappa shape index (κ2) is 10.1. The highest BCUT2D eigenvalue weighted by molar-refractivity contribution is 6.83. The van der Waals surface area contributed by atoms with Gasteiger partial charge in [-0.15, -0.1) is 0 Å². The molecule has 2 aliphatic rings. The molecule has 38 heavy (non-hydrogen) atoms. The van der Waals surface area contributed by atoms with Gasteiger partial charge in [-0.25, -0.2) is 4.79 Å². The number of hydrogen-bond donors (Lipinski definition) is 4.